The van der Waals surface area contributed by atoms with Crippen molar-refractivity contribution in [2.24, 2.45) is 0 Å². The zero-order valence-electron chi connectivity index (χ0n) is 10.5. The van der Waals surface area contributed by atoms with Gasteiger partial charge < -0.3 is 10.4 Å². The molecule has 0 spiro atoms. The van der Waals surface area contributed by atoms with Crippen molar-refractivity contribution >= 4 is 29.1 Å². The van der Waals surface area contributed by atoms with Gasteiger partial charge in [0.05, 0.1) is 21.2 Å². The lowest BCUT2D eigenvalue weighted by molar-refractivity contribution is 0.0314. The highest BCUT2D eigenvalue weighted by molar-refractivity contribution is 6.39. The summed E-state index contributed by atoms with van der Waals surface area (Å²) in [7, 11) is 0. The summed E-state index contributed by atoms with van der Waals surface area (Å²) in [5.74, 6) is -0.370. The maximum Gasteiger partial charge on any atom is 0.254 e. The van der Waals surface area contributed by atoms with Gasteiger partial charge >= 0.3 is 0 Å². The minimum Gasteiger partial charge on any atom is -0.388 e. The molecule has 0 saturated heterocycles. The molecule has 0 aliphatic rings. The van der Waals surface area contributed by atoms with Gasteiger partial charge in [0.1, 0.15) is 0 Å². The van der Waals surface area contributed by atoms with E-state index in [9.17, 15) is 9.90 Å². The second-order valence-corrected chi connectivity index (χ2v) is 5.03. The van der Waals surface area contributed by atoms with E-state index >= 15 is 0 Å². The van der Waals surface area contributed by atoms with E-state index in [1.54, 1.807) is 18.2 Å². The van der Waals surface area contributed by atoms with E-state index < -0.39 is 5.60 Å². The fraction of sp³-hybridized carbons (Fsp3) is 0.462. The van der Waals surface area contributed by atoms with Crippen LogP contribution in [0.3, 0.4) is 0 Å². The van der Waals surface area contributed by atoms with Gasteiger partial charge in [-0.3, -0.25) is 4.79 Å². The van der Waals surface area contributed by atoms with Gasteiger partial charge in [0.15, 0.2) is 0 Å². The van der Waals surface area contributed by atoms with Crippen LogP contribution in [0.1, 0.15) is 37.0 Å². The van der Waals surface area contributed by atoms with Gasteiger partial charge in [-0.2, -0.15) is 0 Å². The third kappa shape index (κ3) is 3.61. The molecule has 1 rings (SSSR count). The Kier molecular flexibility index (Phi) is 5.45. The monoisotopic (exact) mass is 289 g/mol. The van der Waals surface area contributed by atoms with Crippen molar-refractivity contribution in [3.05, 3.63) is 33.8 Å². The molecule has 0 bridgehead atoms. The first-order chi connectivity index (χ1) is 8.43. The Labute approximate surface area is 117 Å². The summed E-state index contributed by atoms with van der Waals surface area (Å²) in [6.45, 7) is 3.93. The molecule has 1 aromatic carbocycles. The third-order valence-corrected chi connectivity index (χ3v) is 3.71. The fourth-order valence-electron chi connectivity index (χ4n) is 1.55. The van der Waals surface area contributed by atoms with Gasteiger partial charge in [-0.05, 0) is 25.0 Å². The highest BCUT2D eigenvalue weighted by Gasteiger charge is 2.24. The predicted molar refractivity (Wildman–Crippen MR) is 74.3 cm³/mol. The molecule has 0 saturated carbocycles. The van der Waals surface area contributed by atoms with E-state index in [1.165, 1.54) is 0 Å². The molecule has 0 aromatic heterocycles. The molecule has 18 heavy (non-hydrogen) atoms. The predicted octanol–water partition coefficient (Wildman–Crippen LogP) is 3.27. The molecular formula is C13H17Cl2NO2. The van der Waals surface area contributed by atoms with E-state index in [4.69, 9.17) is 23.2 Å². The number of nitrogens with one attached hydrogen (secondary N) is 1. The normalized spacial score (nSPS) is 11.4. The van der Waals surface area contributed by atoms with Crippen LogP contribution in [-0.2, 0) is 0 Å². The minimum atomic E-state index is -0.886. The number of benzene rings is 1. The van der Waals surface area contributed by atoms with Gasteiger partial charge in [0.2, 0.25) is 0 Å². The third-order valence-electron chi connectivity index (χ3n) is 3.08. The molecule has 0 heterocycles. The summed E-state index contributed by atoms with van der Waals surface area (Å²) in [6.07, 6.45) is 1.14. The summed E-state index contributed by atoms with van der Waals surface area (Å²) in [5.41, 5.74) is -0.640. The molecule has 3 nitrogen and oxygen atoms in total. The molecule has 1 aromatic rings. The Bertz CT molecular complexity index is 411. The second-order valence-electron chi connectivity index (χ2n) is 4.21. The van der Waals surface area contributed by atoms with Crippen molar-refractivity contribution in [1.29, 1.82) is 0 Å². The average Bonchev–Trinajstić information content (AvgIpc) is 2.36. The molecule has 2 N–H and O–H groups in total. The number of carbonyl (C=O) groups is 1. The molecule has 0 aliphatic heterocycles. The lowest BCUT2D eigenvalue weighted by atomic mass is 9.97. The summed E-state index contributed by atoms with van der Waals surface area (Å²) < 4.78 is 0. The topological polar surface area (TPSA) is 49.3 Å². The zero-order chi connectivity index (χ0) is 13.8. The molecule has 0 unspecified atom stereocenters. The number of halogens is 2. The van der Waals surface area contributed by atoms with Crippen molar-refractivity contribution in [2.75, 3.05) is 6.54 Å². The Morgan fingerprint density at radius 3 is 2.22 bits per heavy atom. The standard InChI is InChI=1S/C13H17Cl2NO2/c1-3-13(18,4-2)8-16-12(17)11-9(14)6-5-7-10(11)15/h5-7,18H,3-4,8H2,1-2H3,(H,16,17). The van der Waals surface area contributed by atoms with Gasteiger partial charge in [0.25, 0.3) is 5.91 Å². The van der Waals surface area contributed by atoms with Crippen LogP contribution >= 0.6 is 23.2 Å². The lowest BCUT2D eigenvalue weighted by Crippen LogP contribution is -2.42. The number of hydrogen-bond donors (Lipinski definition) is 2. The molecular weight excluding hydrogens is 273 g/mol. The fourth-order valence-corrected chi connectivity index (χ4v) is 2.12. The van der Waals surface area contributed by atoms with E-state index in [0.29, 0.717) is 22.9 Å². The Hall–Kier alpha value is -0.770. The van der Waals surface area contributed by atoms with Gasteiger partial charge in [-0.15, -0.1) is 0 Å². The van der Waals surface area contributed by atoms with Crippen molar-refractivity contribution in [3.63, 3.8) is 0 Å². The first kappa shape index (κ1) is 15.3. The highest BCUT2D eigenvalue weighted by atomic mass is 35.5. The number of amides is 1. The van der Waals surface area contributed by atoms with E-state index in [2.05, 4.69) is 5.32 Å². The van der Waals surface area contributed by atoms with E-state index in [1.807, 2.05) is 13.8 Å². The van der Waals surface area contributed by atoms with E-state index in [-0.39, 0.29) is 18.0 Å². The highest BCUT2D eigenvalue weighted by Crippen LogP contribution is 2.24. The van der Waals surface area contributed by atoms with Crippen LogP contribution < -0.4 is 5.32 Å². The molecule has 100 valence electrons. The number of hydrogen-bond acceptors (Lipinski definition) is 2. The van der Waals surface area contributed by atoms with Crippen LogP contribution in [0.4, 0.5) is 0 Å². The first-order valence-electron chi connectivity index (χ1n) is 5.88. The quantitative estimate of drug-likeness (QED) is 0.874. The lowest BCUT2D eigenvalue weighted by Gasteiger charge is -2.25. The molecule has 0 aliphatic carbocycles. The molecule has 0 radical (unpaired) electrons. The van der Waals surface area contributed by atoms with Crippen molar-refractivity contribution in [2.45, 2.75) is 32.3 Å². The maximum absolute atomic E-state index is 12.0. The average molecular weight is 290 g/mol. The summed E-state index contributed by atoms with van der Waals surface area (Å²) in [5, 5.41) is 13.4. The Morgan fingerprint density at radius 2 is 1.78 bits per heavy atom. The van der Waals surface area contributed by atoms with Crippen molar-refractivity contribution < 1.29 is 9.90 Å². The second kappa shape index (κ2) is 6.41. The Morgan fingerprint density at radius 1 is 1.28 bits per heavy atom. The minimum absolute atomic E-state index is 0.181. The summed E-state index contributed by atoms with van der Waals surface area (Å²) in [6, 6.07) is 4.89. The molecule has 0 fully saturated rings. The van der Waals surface area contributed by atoms with Crippen LogP contribution in [0.2, 0.25) is 10.0 Å². The van der Waals surface area contributed by atoms with Crippen LogP contribution in [0.5, 0.6) is 0 Å². The van der Waals surface area contributed by atoms with Crippen LogP contribution in [0, 0.1) is 0 Å². The van der Waals surface area contributed by atoms with Crippen molar-refractivity contribution in [1.82, 2.24) is 5.32 Å². The number of rotatable bonds is 5. The number of aliphatic hydroxyl groups is 1. The van der Waals surface area contributed by atoms with Crippen LogP contribution in [0.25, 0.3) is 0 Å². The smallest absolute Gasteiger partial charge is 0.254 e. The van der Waals surface area contributed by atoms with Crippen molar-refractivity contribution in [3.8, 4) is 0 Å². The van der Waals surface area contributed by atoms with Gasteiger partial charge in [-0.25, -0.2) is 0 Å². The first-order valence-corrected chi connectivity index (χ1v) is 6.63. The van der Waals surface area contributed by atoms with E-state index in [0.717, 1.165) is 0 Å². The van der Waals surface area contributed by atoms with Gasteiger partial charge in [-0.1, -0.05) is 43.1 Å². The van der Waals surface area contributed by atoms with Gasteiger partial charge in [0, 0.05) is 6.54 Å². The summed E-state index contributed by atoms with van der Waals surface area (Å²) >= 11 is 11.9. The number of carbonyl (C=O) groups excluding carboxylic acids is 1. The summed E-state index contributed by atoms with van der Waals surface area (Å²) in [4.78, 5) is 12.0. The molecule has 1 amide bonds. The molecule has 0 atom stereocenters. The maximum atomic E-state index is 12.0. The Balaban J connectivity index is 2.78. The van der Waals surface area contributed by atoms with Crippen LogP contribution in [-0.4, -0.2) is 23.2 Å². The zero-order valence-corrected chi connectivity index (χ0v) is 12.0. The van der Waals surface area contributed by atoms with Crippen LogP contribution in [0.15, 0.2) is 18.2 Å². The SMILES string of the molecule is CCC(O)(CC)CNC(=O)c1c(Cl)cccc1Cl. The molecule has 5 heteroatoms. The largest absolute Gasteiger partial charge is 0.388 e.